The minimum atomic E-state index is -2.52. The fraction of sp³-hybridized carbons (Fsp3) is 0.917. The van der Waals surface area contributed by atoms with Gasteiger partial charge >= 0.3 is 0 Å². The van der Waals surface area contributed by atoms with Gasteiger partial charge in [-0.3, -0.25) is 4.79 Å². The highest BCUT2D eigenvalue weighted by Crippen LogP contribution is 2.34. The van der Waals surface area contributed by atoms with Crippen LogP contribution in [0.25, 0.3) is 0 Å². The molecule has 0 aromatic rings. The lowest BCUT2D eigenvalue weighted by atomic mass is 9.91. The molecule has 1 saturated carbocycles. The highest BCUT2D eigenvalue weighted by atomic mass is 19.3. The topological polar surface area (TPSA) is 32.3 Å². The molecule has 1 saturated heterocycles. The van der Waals surface area contributed by atoms with Crippen LogP contribution < -0.4 is 5.32 Å². The molecule has 1 unspecified atom stereocenters. The molecule has 0 spiro atoms. The van der Waals surface area contributed by atoms with Crippen molar-refractivity contribution >= 4 is 5.91 Å². The van der Waals surface area contributed by atoms with E-state index in [-0.39, 0.29) is 30.8 Å². The molecule has 98 valence electrons. The second kappa shape index (κ2) is 4.88. The van der Waals surface area contributed by atoms with Crippen LogP contribution in [0.5, 0.6) is 0 Å². The average molecular weight is 246 g/mol. The predicted molar refractivity (Wildman–Crippen MR) is 61.0 cm³/mol. The van der Waals surface area contributed by atoms with Crippen molar-refractivity contribution in [2.24, 2.45) is 0 Å². The van der Waals surface area contributed by atoms with Gasteiger partial charge < -0.3 is 10.2 Å². The lowest BCUT2D eigenvalue weighted by molar-refractivity contribution is -0.136. The summed E-state index contributed by atoms with van der Waals surface area (Å²) in [5.74, 6) is -2.45. The van der Waals surface area contributed by atoms with Gasteiger partial charge in [-0.05, 0) is 32.2 Å². The highest BCUT2D eigenvalue weighted by molar-refractivity contribution is 5.82. The van der Waals surface area contributed by atoms with Crippen molar-refractivity contribution in [3.8, 4) is 0 Å². The number of rotatable bonds is 2. The Kier molecular flexibility index (Phi) is 3.66. The Bertz CT molecular complexity index is 280. The normalized spacial score (nSPS) is 29.2. The molecule has 17 heavy (non-hydrogen) atoms. The predicted octanol–water partition coefficient (Wildman–Crippen LogP) is 1.77. The molecule has 0 aromatic heterocycles. The van der Waals surface area contributed by atoms with Crippen LogP contribution in [-0.2, 0) is 4.79 Å². The first kappa shape index (κ1) is 12.7. The fourth-order valence-electron chi connectivity index (χ4n) is 2.73. The van der Waals surface area contributed by atoms with Crippen molar-refractivity contribution in [1.82, 2.24) is 10.2 Å². The van der Waals surface area contributed by atoms with E-state index in [1.165, 1.54) is 0 Å². The maximum Gasteiger partial charge on any atom is 0.248 e. The number of nitrogens with zero attached hydrogens (tertiary/aromatic N) is 1. The summed E-state index contributed by atoms with van der Waals surface area (Å²) in [6, 6.07) is -0.105. The Balaban J connectivity index is 1.87. The van der Waals surface area contributed by atoms with Crippen LogP contribution in [0, 0.1) is 0 Å². The van der Waals surface area contributed by atoms with Gasteiger partial charge in [-0.1, -0.05) is 0 Å². The number of hydrogen-bond donors (Lipinski definition) is 1. The quantitative estimate of drug-likeness (QED) is 0.805. The number of alkyl halides is 2. The van der Waals surface area contributed by atoms with E-state index in [0.29, 0.717) is 12.8 Å². The van der Waals surface area contributed by atoms with E-state index in [0.717, 1.165) is 19.4 Å². The molecule has 1 amide bonds. The molecule has 0 bridgehead atoms. The lowest BCUT2D eigenvalue weighted by Gasteiger charge is -2.35. The van der Waals surface area contributed by atoms with Gasteiger partial charge in [0, 0.05) is 25.9 Å². The zero-order valence-corrected chi connectivity index (χ0v) is 10.2. The van der Waals surface area contributed by atoms with Crippen LogP contribution in [0.4, 0.5) is 8.78 Å². The van der Waals surface area contributed by atoms with E-state index in [4.69, 9.17) is 0 Å². The minimum Gasteiger partial charge on any atom is -0.341 e. The number of amides is 1. The molecular weight excluding hydrogens is 226 g/mol. The highest BCUT2D eigenvalue weighted by Gasteiger charge is 2.38. The van der Waals surface area contributed by atoms with Crippen LogP contribution in [0.1, 0.15) is 38.5 Å². The molecule has 1 aliphatic carbocycles. The lowest BCUT2D eigenvalue weighted by Crippen LogP contribution is -2.48. The summed E-state index contributed by atoms with van der Waals surface area (Å²) in [7, 11) is 1.75. The molecule has 3 nitrogen and oxygen atoms in total. The van der Waals surface area contributed by atoms with Gasteiger partial charge in [0.2, 0.25) is 11.8 Å². The maximum atomic E-state index is 13.0. The molecule has 2 fully saturated rings. The maximum absolute atomic E-state index is 13.0. The van der Waals surface area contributed by atoms with Crippen molar-refractivity contribution in [1.29, 1.82) is 0 Å². The zero-order chi connectivity index (χ0) is 12.5. The summed E-state index contributed by atoms with van der Waals surface area (Å²) in [6.45, 7) is 0.882. The Hall–Kier alpha value is -0.710. The van der Waals surface area contributed by atoms with Crippen LogP contribution in [-0.4, -0.2) is 42.4 Å². The van der Waals surface area contributed by atoms with Crippen molar-refractivity contribution in [3.63, 3.8) is 0 Å². The van der Waals surface area contributed by atoms with Crippen LogP contribution in [0.15, 0.2) is 0 Å². The first-order chi connectivity index (χ1) is 7.99. The molecule has 2 aliphatic rings. The summed E-state index contributed by atoms with van der Waals surface area (Å²) in [6.07, 6.45) is 2.55. The number of hydrogen-bond acceptors (Lipinski definition) is 2. The van der Waals surface area contributed by atoms with Gasteiger partial charge in [0.15, 0.2) is 0 Å². The van der Waals surface area contributed by atoms with E-state index < -0.39 is 5.92 Å². The second-order valence-electron chi connectivity index (χ2n) is 5.19. The Morgan fingerprint density at radius 1 is 1.29 bits per heavy atom. The molecule has 5 heteroatoms. The third-order valence-corrected chi connectivity index (χ3v) is 3.94. The van der Waals surface area contributed by atoms with Gasteiger partial charge in [0.05, 0.1) is 6.04 Å². The van der Waals surface area contributed by atoms with E-state index in [2.05, 4.69) is 5.32 Å². The van der Waals surface area contributed by atoms with Gasteiger partial charge in [-0.2, -0.15) is 0 Å². The van der Waals surface area contributed by atoms with Crippen molar-refractivity contribution in [2.75, 3.05) is 13.6 Å². The van der Waals surface area contributed by atoms with Crippen LogP contribution in [0.2, 0.25) is 0 Å². The number of likely N-dealkylation sites (N-methyl/N-ethyl adjacent to an activating group) is 1. The minimum absolute atomic E-state index is 0.00970. The molecule has 1 atom stereocenters. The summed E-state index contributed by atoms with van der Waals surface area (Å²) in [4.78, 5) is 13.8. The largest absolute Gasteiger partial charge is 0.341 e. The summed E-state index contributed by atoms with van der Waals surface area (Å²) in [5, 5.41) is 3.15. The molecule has 0 aromatic carbocycles. The van der Waals surface area contributed by atoms with E-state index in [1.807, 2.05) is 0 Å². The van der Waals surface area contributed by atoms with Gasteiger partial charge in [0.25, 0.3) is 0 Å². The van der Waals surface area contributed by atoms with Crippen LogP contribution >= 0.6 is 0 Å². The average Bonchev–Trinajstić information content (AvgIpc) is 2.80. The number of nitrogens with one attached hydrogen (secondary N) is 1. The van der Waals surface area contributed by atoms with E-state index >= 15 is 0 Å². The van der Waals surface area contributed by atoms with Gasteiger partial charge in [0.1, 0.15) is 0 Å². The second-order valence-corrected chi connectivity index (χ2v) is 5.19. The molecular formula is C12H20F2N2O. The van der Waals surface area contributed by atoms with Gasteiger partial charge in [-0.25, -0.2) is 8.78 Å². The Morgan fingerprint density at radius 3 is 2.47 bits per heavy atom. The fourth-order valence-corrected chi connectivity index (χ4v) is 2.73. The van der Waals surface area contributed by atoms with Crippen molar-refractivity contribution < 1.29 is 13.6 Å². The first-order valence-electron chi connectivity index (χ1n) is 6.37. The molecule has 1 N–H and O–H groups in total. The molecule has 2 rings (SSSR count). The standard InChI is InChI=1S/C12H20F2N2O/c1-16(11(17)10-3-2-8-15-10)9-4-6-12(13,14)7-5-9/h9-10,15H,2-8H2,1H3. The summed E-state index contributed by atoms with van der Waals surface area (Å²) >= 11 is 0. The third kappa shape index (κ3) is 2.94. The van der Waals surface area contributed by atoms with Crippen molar-refractivity contribution in [3.05, 3.63) is 0 Å². The van der Waals surface area contributed by atoms with E-state index in [9.17, 15) is 13.6 Å². The number of carbonyl (C=O) groups is 1. The smallest absolute Gasteiger partial charge is 0.248 e. The molecule has 1 aliphatic heterocycles. The third-order valence-electron chi connectivity index (χ3n) is 3.94. The SMILES string of the molecule is CN(C(=O)C1CCCN1)C1CCC(F)(F)CC1. The first-order valence-corrected chi connectivity index (χ1v) is 6.37. The Labute approximate surface area is 101 Å². The van der Waals surface area contributed by atoms with Crippen molar-refractivity contribution in [2.45, 2.75) is 56.5 Å². The van der Waals surface area contributed by atoms with Crippen LogP contribution in [0.3, 0.4) is 0 Å². The zero-order valence-electron chi connectivity index (χ0n) is 10.2. The molecule has 0 radical (unpaired) electrons. The molecule has 1 heterocycles. The summed E-state index contributed by atoms with van der Waals surface area (Å²) < 4.78 is 26.1. The monoisotopic (exact) mass is 246 g/mol. The van der Waals surface area contributed by atoms with E-state index in [1.54, 1.807) is 11.9 Å². The number of carbonyl (C=O) groups excluding carboxylic acids is 1. The van der Waals surface area contributed by atoms with Gasteiger partial charge in [-0.15, -0.1) is 0 Å². The summed E-state index contributed by atoms with van der Waals surface area (Å²) in [5.41, 5.74) is 0. The number of halogens is 2. The Morgan fingerprint density at radius 2 is 1.94 bits per heavy atom.